The van der Waals surface area contributed by atoms with Crippen LogP contribution in [0.4, 0.5) is 5.69 Å². The molecular formula is C14H19N3O2. The highest BCUT2D eigenvalue weighted by Gasteiger charge is 2.18. The fourth-order valence-electron chi connectivity index (χ4n) is 2.16. The van der Waals surface area contributed by atoms with E-state index in [1.807, 2.05) is 26.1 Å². The lowest BCUT2D eigenvalue weighted by molar-refractivity contribution is -0.0174. The molecule has 2 N–H and O–H groups in total. The van der Waals surface area contributed by atoms with Crippen LogP contribution in [0.3, 0.4) is 0 Å². The van der Waals surface area contributed by atoms with E-state index in [2.05, 4.69) is 11.0 Å². The third-order valence-corrected chi connectivity index (χ3v) is 3.37. The summed E-state index contributed by atoms with van der Waals surface area (Å²) in [5.41, 5.74) is 8.66. The molecule has 2 rings (SSSR count). The Bertz CT molecular complexity index is 496. The van der Waals surface area contributed by atoms with Crippen molar-refractivity contribution in [2.24, 2.45) is 0 Å². The predicted molar refractivity (Wildman–Crippen MR) is 72.3 cm³/mol. The minimum absolute atomic E-state index is 0.196. The third-order valence-electron chi connectivity index (χ3n) is 3.37. The Kier molecular flexibility index (Phi) is 4.25. The van der Waals surface area contributed by atoms with E-state index in [-0.39, 0.29) is 12.8 Å². The third kappa shape index (κ3) is 3.16. The number of anilines is 1. The lowest BCUT2D eigenvalue weighted by atomic mass is 10.1. The number of benzene rings is 1. The van der Waals surface area contributed by atoms with Crippen LogP contribution in [0.15, 0.2) is 12.1 Å². The van der Waals surface area contributed by atoms with Crippen molar-refractivity contribution >= 4 is 5.69 Å². The Hall–Kier alpha value is -1.77. The fourth-order valence-corrected chi connectivity index (χ4v) is 2.16. The zero-order valence-corrected chi connectivity index (χ0v) is 11.3. The number of rotatable bonds is 4. The molecule has 0 spiro atoms. The molecule has 0 aromatic heterocycles. The minimum atomic E-state index is 0.196. The van der Waals surface area contributed by atoms with E-state index in [1.165, 1.54) is 0 Å². The number of fused-ring (bicyclic) bond motifs is 1. The maximum Gasteiger partial charge on any atom is 0.189 e. The van der Waals surface area contributed by atoms with Crippen LogP contribution in [-0.4, -0.2) is 24.8 Å². The average molecular weight is 261 g/mol. The number of nitriles is 1. The first kappa shape index (κ1) is 13.7. The van der Waals surface area contributed by atoms with E-state index < -0.39 is 0 Å². The van der Waals surface area contributed by atoms with Gasteiger partial charge in [-0.2, -0.15) is 5.26 Å². The quantitative estimate of drug-likeness (QED) is 0.838. The Morgan fingerprint density at radius 1 is 1.53 bits per heavy atom. The smallest absolute Gasteiger partial charge is 0.189 e. The normalized spacial score (nSPS) is 15.5. The maximum absolute atomic E-state index is 8.75. The van der Waals surface area contributed by atoms with Crippen LogP contribution in [0.2, 0.25) is 0 Å². The van der Waals surface area contributed by atoms with Gasteiger partial charge in [0.25, 0.3) is 0 Å². The molecule has 1 unspecified atom stereocenters. The molecule has 5 heteroatoms. The molecule has 0 fully saturated rings. The average Bonchev–Trinajstić information content (AvgIpc) is 2.38. The Balaban J connectivity index is 2.20. The van der Waals surface area contributed by atoms with Gasteiger partial charge in [-0.3, -0.25) is 4.90 Å². The molecule has 5 nitrogen and oxygen atoms in total. The SMILES string of the molecule is CC(CC#N)N(C)Cc1cc(N)cc2c1OCOC2. The molecule has 1 aliphatic heterocycles. The Morgan fingerprint density at radius 3 is 3.05 bits per heavy atom. The zero-order valence-electron chi connectivity index (χ0n) is 11.3. The highest BCUT2D eigenvalue weighted by Crippen LogP contribution is 2.31. The first-order valence-corrected chi connectivity index (χ1v) is 6.31. The molecule has 102 valence electrons. The lowest BCUT2D eigenvalue weighted by Crippen LogP contribution is -2.29. The van der Waals surface area contributed by atoms with Crippen molar-refractivity contribution < 1.29 is 9.47 Å². The molecular weight excluding hydrogens is 242 g/mol. The first-order valence-electron chi connectivity index (χ1n) is 6.31. The summed E-state index contributed by atoms with van der Waals surface area (Å²) in [6, 6.07) is 6.20. The Labute approximate surface area is 113 Å². The summed E-state index contributed by atoms with van der Waals surface area (Å²) in [7, 11) is 2.00. The lowest BCUT2D eigenvalue weighted by Gasteiger charge is -2.26. The molecule has 1 aromatic rings. The van der Waals surface area contributed by atoms with Crippen molar-refractivity contribution in [3.63, 3.8) is 0 Å². The minimum Gasteiger partial charge on any atom is -0.467 e. The number of ether oxygens (including phenoxy) is 2. The summed E-state index contributed by atoms with van der Waals surface area (Å²) in [6.07, 6.45) is 0.505. The van der Waals surface area contributed by atoms with Gasteiger partial charge in [0.2, 0.25) is 0 Å². The maximum atomic E-state index is 8.75. The molecule has 1 heterocycles. The number of hydrogen-bond acceptors (Lipinski definition) is 5. The van der Waals surface area contributed by atoms with Crippen LogP contribution in [0.5, 0.6) is 5.75 Å². The van der Waals surface area contributed by atoms with Crippen LogP contribution in [0.1, 0.15) is 24.5 Å². The van der Waals surface area contributed by atoms with Crippen molar-refractivity contribution in [3.8, 4) is 11.8 Å². The second-order valence-electron chi connectivity index (χ2n) is 4.91. The van der Waals surface area contributed by atoms with Gasteiger partial charge in [-0.1, -0.05) is 0 Å². The summed E-state index contributed by atoms with van der Waals surface area (Å²) in [5, 5.41) is 8.75. The molecule has 19 heavy (non-hydrogen) atoms. The van der Waals surface area contributed by atoms with Gasteiger partial charge in [-0.25, -0.2) is 0 Å². The van der Waals surface area contributed by atoms with Crippen molar-refractivity contribution in [2.45, 2.75) is 32.5 Å². The van der Waals surface area contributed by atoms with Gasteiger partial charge < -0.3 is 15.2 Å². The van der Waals surface area contributed by atoms with Crippen LogP contribution >= 0.6 is 0 Å². The molecule has 1 atom stereocenters. The van der Waals surface area contributed by atoms with Gasteiger partial charge >= 0.3 is 0 Å². The van der Waals surface area contributed by atoms with Crippen molar-refractivity contribution in [2.75, 3.05) is 19.6 Å². The van der Waals surface area contributed by atoms with Crippen LogP contribution in [0.25, 0.3) is 0 Å². The van der Waals surface area contributed by atoms with E-state index in [0.717, 1.165) is 16.9 Å². The van der Waals surface area contributed by atoms with Crippen LogP contribution in [0, 0.1) is 11.3 Å². The van der Waals surface area contributed by atoms with Gasteiger partial charge in [0.1, 0.15) is 5.75 Å². The van der Waals surface area contributed by atoms with Crippen molar-refractivity contribution in [1.82, 2.24) is 4.90 Å². The molecule has 0 saturated carbocycles. The second kappa shape index (κ2) is 5.91. The highest BCUT2D eigenvalue weighted by atomic mass is 16.7. The van der Waals surface area contributed by atoms with Crippen molar-refractivity contribution in [1.29, 1.82) is 5.26 Å². The van der Waals surface area contributed by atoms with Gasteiger partial charge in [0.15, 0.2) is 6.79 Å². The van der Waals surface area contributed by atoms with E-state index in [4.69, 9.17) is 20.5 Å². The molecule has 0 saturated heterocycles. The van der Waals surface area contributed by atoms with Crippen molar-refractivity contribution in [3.05, 3.63) is 23.3 Å². The topological polar surface area (TPSA) is 71.5 Å². The van der Waals surface area contributed by atoms with E-state index in [9.17, 15) is 0 Å². The highest BCUT2D eigenvalue weighted by molar-refractivity contribution is 5.53. The van der Waals surface area contributed by atoms with E-state index in [1.54, 1.807) is 0 Å². The summed E-state index contributed by atoms with van der Waals surface area (Å²) < 4.78 is 10.8. The van der Waals surface area contributed by atoms with Crippen LogP contribution in [-0.2, 0) is 17.9 Å². The first-order chi connectivity index (χ1) is 9.11. The van der Waals surface area contributed by atoms with E-state index >= 15 is 0 Å². The van der Waals surface area contributed by atoms with Gasteiger partial charge in [-0.15, -0.1) is 0 Å². The molecule has 0 amide bonds. The standard InChI is InChI=1S/C14H19N3O2/c1-10(3-4-15)17(2)7-11-5-13(16)6-12-8-18-9-19-14(11)12/h5-6,10H,3,7-9,16H2,1-2H3. The van der Waals surface area contributed by atoms with Gasteiger partial charge in [0.05, 0.1) is 19.1 Å². The molecule has 0 radical (unpaired) electrons. The molecule has 1 aliphatic rings. The summed E-state index contributed by atoms with van der Waals surface area (Å²) in [4.78, 5) is 2.12. The zero-order chi connectivity index (χ0) is 13.8. The van der Waals surface area contributed by atoms with Gasteiger partial charge in [-0.05, 0) is 26.1 Å². The largest absolute Gasteiger partial charge is 0.467 e. The predicted octanol–water partition coefficient (Wildman–Crippen LogP) is 1.87. The number of nitrogens with two attached hydrogens (primary N) is 1. The van der Waals surface area contributed by atoms with Gasteiger partial charge in [0, 0.05) is 29.4 Å². The Morgan fingerprint density at radius 2 is 2.32 bits per heavy atom. The molecule has 1 aromatic carbocycles. The molecule has 0 aliphatic carbocycles. The number of hydrogen-bond donors (Lipinski definition) is 1. The summed E-state index contributed by atoms with van der Waals surface area (Å²) >= 11 is 0. The number of nitrogens with zero attached hydrogens (tertiary/aromatic N) is 2. The second-order valence-corrected chi connectivity index (χ2v) is 4.91. The van der Waals surface area contributed by atoms with Crippen LogP contribution < -0.4 is 10.5 Å². The van der Waals surface area contributed by atoms with E-state index in [0.29, 0.717) is 25.3 Å². The number of nitrogen functional groups attached to an aromatic ring is 1. The fraction of sp³-hybridized carbons (Fsp3) is 0.500. The summed E-state index contributed by atoms with van der Waals surface area (Å²) in [6.45, 7) is 3.55. The molecule has 0 bridgehead atoms. The summed E-state index contributed by atoms with van der Waals surface area (Å²) in [5.74, 6) is 0.872. The monoisotopic (exact) mass is 261 g/mol.